The van der Waals surface area contributed by atoms with Crippen LogP contribution >= 0.6 is 11.3 Å². The number of nitrogens with two attached hydrogens (primary N) is 1. The van der Waals surface area contributed by atoms with E-state index in [-0.39, 0.29) is 0 Å². The molecule has 2 aromatic heterocycles. The number of hydrogen-bond acceptors (Lipinski definition) is 6. The summed E-state index contributed by atoms with van der Waals surface area (Å²) >= 11 is 1.60. The standard InChI is InChI=1S/C15H22N4OS/c1-2-10-3-5-11(6-4-10)14-18-15(20-19-14)12-9-21-13(17-12)7-8-16/h9-11H,2-8,16H2,1H3. The molecule has 1 aliphatic rings. The summed E-state index contributed by atoms with van der Waals surface area (Å²) in [6.45, 7) is 2.89. The Balaban J connectivity index is 1.68. The van der Waals surface area contributed by atoms with E-state index in [2.05, 4.69) is 22.0 Å². The van der Waals surface area contributed by atoms with Crippen molar-refractivity contribution in [3.8, 4) is 11.6 Å². The van der Waals surface area contributed by atoms with E-state index >= 15 is 0 Å². The summed E-state index contributed by atoms with van der Waals surface area (Å²) in [5, 5.41) is 7.17. The molecule has 3 rings (SSSR count). The second-order valence-corrected chi connectivity index (χ2v) is 6.69. The second-order valence-electron chi connectivity index (χ2n) is 5.75. The number of hydrogen-bond donors (Lipinski definition) is 1. The van der Waals surface area contributed by atoms with Gasteiger partial charge in [-0.15, -0.1) is 11.3 Å². The van der Waals surface area contributed by atoms with Gasteiger partial charge in [0.15, 0.2) is 5.82 Å². The third-order valence-electron chi connectivity index (χ3n) is 4.36. The summed E-state index contributed by atoms with van der Waals surface area (Å²) in [7, 11) is 0. The van der Waals surface area contributed by atoms with Crippen LogP contribution in [0.1, 0.15) is 55.8 Å². The molecule has 0 bridgehead atoms. The molecular formula is C15H22N4OS. The van der Waals surface area contributed by atoms with Crippen LogP contribution in [0.15, 0.2) is 9.90 Å². The molecule has 0 amide bonds. The monoisotopic (exact) mass is 306 g/mol. The van der Waals surface area contributed by atoms with Crippen molar-refractivity contribution in [2.45, 2.75) is 51.4 Å². The molecular weight excluding hydrogens is 284 g/mol. The van der Waals surface area contributed by atoms with Gasteiger partial charge in [-0.3, -0.25) is 0 Å². The third-order valence-corrected chi connectivity index (χ3v) is 5.27. The van der Waals surface area contributed by atoms with Gasteiger partial charge in [0.2, 0.25) is 0 Å². The Hall–Kier alpha value is -1.27. The van der Waals surface area contributed by atoms with E-state index in [1.165, 1.54) is 32.1 Å². The van der Waals surface area contributed by atoms with Crippen LogP contribution < -0.4 is 5.73 Å². The maximum atomic E-state index is 5.55. The average Bonchev–Trinajstić information content (AvgIpc) is 3.16. The van der Waals surface area contributed by atoms with Crippen molar-refractivity contribution in [1.82, 2.24) is 15.1 Å². The van der Waals surface area contributed by atoms with Crippen molar-refractivity contribution in [3.63, 3.8) is 0 Å². The van der Waals surface area contributed by atoms with Crippen molar-refractivity contribution >= 4 is 11.3 Å². The van der Waals surface area contributed by atoms with Crippen molar-refractivity contribution < 1.29 is 4.52 Å². The van der Waals surface area contributed by atoms with Crippen LogP contribution in [0.2, 0.25) is 0 Å². The summed E-state index contributed by atoms with van der Waals surface area (Å²) < 4.78 is 5.40. The number of rotatable bonds is 5. The van der Waals surface area contributed by atoms with Gasteiger partial charge in [-0.1, -0.05) is 18.5 Å². The van der Waals surface area contributed by atoms with E-state index in [1.807, 2.05) is 5.38 Å². The molecule has 0 aromatic carbocycles. The minimum atomic E-state index is 0.451. The first kappa shape index (κ1) is 14.7. The van der Waals surface area contributed by atoms with Crippen LogP contribution in [-0.2, 0) is 6.42 Å². The largest absolute Gasteiger partial charge is 0.332 e. The average molecular weight is 306 g/mol. The maximum Gasteiger partial charge on any atom is 0.277 e. The van der Waals surface area contributed by atoms with Crippen molar-refractivity contribution in [3.05, 3.63) is 16.2 Å². The zero-order valence-corrected chi connectivity index (χ0v) is 13.2. The zero-order valence-electron chi connectivity index (χ0n) is 12.4. The van der Waals surface area contributed by atoms with Crippen LogP contribution in [0.25, 0.3) is 11.6 Å². The number of nitrogens with zero attached hydrogens (tertiary/aromatic N) is 3. The topological polar surface area (TPSA) is 77.8 Å². The highest BCUT2D eigenvalue weighted by molar-refractivity contribution is 7.09. The SMILES string of the molecule is CCC1CCC(c2noc(-c3csc(CCN)n3)n2)CC1. The predicted octanol–water partition coefficient (Wildman–Crippen LogP) is 3.38. The predicted molar refractivity (Wildman–Crippen MR) is 83.2 cm³/mol. The minimum Gasteiger partial charge on any atom is -0.332 e. The molecule has 0 atom stereocenters. The van der Waals surface area contributed by atoms with Gasteiger partial charge < -0.3 is 10.3 Å². The van der Waals surface area contributed by atoms with Gasteiger partial charge in [0.25, 0.3) is 5.89 Å². The Bertz CT molecular complexity index is 572. The molecule has 0 spiro atoms. The van der Waals surface area contributed by atoms with Gasteiger partial charge in [0.1, 0.15) is 5.69 Å². The Labute approximate surface area is 129 Å². The molecule has 6 heteroatoms. The molecule has 2 N–H and O–H groups in total. The fraction of sp³-hybridized carbons (Fsp3) is 0.667. The molecule has 5 nitrogen and oxygen atoms in total. The third kappa shape index (κ3) is 3.32. The van der Waals surface area contributed by atoms with Gasteiger partial charge in [-0.2, -0.15) is 4.98 Å². The highest BCUT2D eigenvalue weighted by atomic mass is 32.1. The van der Waals surface area contributed by atoms with E-state index < -0.39 is 0 Å². The summed E-state index contributed by atoms with van der Waals surface area (Å²) in [5.41, 5.74) is 6.33. The lowest BCUT2D eigenvalue weighted by molar-refractivity contribution is 0.305. The summed E-state index contributed by atoms with van der Waals surface area (Å²) in [6, 6.07) is 0. The molecule has 0 unspecified atom stereocenters. The normalized spacial score (nSPS) is 22.6. The molecule has 1 fully saturated rings. The lowest BCUT2D eigenvalue weighted by Gasteiger charge is -2.25. The minimum absolute atomic E-state index is 0.451. The smallest absolute Gasteiger partial charge is 0.277 e. The molecule has 114 valence electrons. The van der Waals surface area contributed by atoms with Crippen LogP contribution in [0, 0.1) is 5.92 Å². The van der Waals surface area contributed by atoms with Crippen molar-refractivity contribution in [2.24, 2.45) is 11.7 Å². The van der Waals surface area contributed by atoms with Gasteiger partial charge in [-0.05, 0) is 38.1 Å². The van der Waals surface area contributed by atoms with E-state index in [4.69, 9.17) is 10.3 Å². The van der Waals surface area contributed by atoms with Gasteiger partial charge in [-0.25, -0.2) is 4.98 Å². The van der Waals surface area contributed by atoms with Gasteiger partial charge in [0, 0.05) is 17.7 Å². The Morgan fingerprint density at radius 1 is 1.29 bits per heavy atom. The molecule has 1 aliphatic carbocycles. The van der Waals surface area contributed by atoms with Crippen LogP contribution in [0.3, 0.4) is 0 Å². The quantitative estimate of drug-likeness (QED) is 0.916. The molecule has 0 saturated heterocycles. The Morgan fingerprint density at radius 3 is 2.81 bits per heavy atom. The number of thiazole rings is 1. The van der Waals surface area contributed by atoms with E-state index in [9.17, 15) is 0 Å². The first-order valence-corrected chi connectivity index (χ1v) is 8.66. The fourth-order valence-electron chi connectivity index (χ4n) is 2.98. The molecule has 21 heavy (non-hydrogen) atoms. The second kappa shape index (κ2) is 6.66. The Morgan fingerprint density at radius 2 is 2.10 bits per heavy atom. The lowest BCUT2D eigenvalue weighted by atomic mass is 9.80. The summed E-state index contributed by atoms with van der Waals surface area (Å²) in [4.78, 5) is 9.06. The first-order valence-electron chi connectivity index (χ1n) is 7.78. The zero-order chi connectivity index (χ0) is 14.7. The van der Waals surface area contributed by atoms with Crippen molar-refractivity contribution in [1.29, 1.82) is 0 Å². The molecule has 2 heterocycles. The Kier molecular flexibility index (Phi) is 4.65. The van der Waals surface area contributed by atoms with Gasteiger partial charge >= 0.3 is 0 Å². The highest BCUT2D eigenvalue weighted by Crippen LogP contribution is 2.36. The first-order chi connectivity index (χ1) is 10.3. The van der Waals surface area contributed by atoms with Crippen LogP contribution in [0.5, 0.6) is 0 Å². The van der Waals surface area contributed by atoms with E-state index in [0.29, 0.717) is 18.4 Å². The van der Waals surface area contributed by atoms with Crippen molar-refractivity contribution in [2.75, 3.05) is 6.54 Å². The highest BCUT2D eigenvalue weighted by Gasteiger charge is 2.25. The van der Waals surface area contributed by atoms with Gasteiger partial charge in [0.05, 0.1) is 5.01 Å². The summed E-state index contributed by atoms with van der Waals surface area (Å²) in [5.74, 6) is 2.73. The van der Waals surface area contributed by atoms with E-state index in [1.54, 1.807) is 11.3 Å². The maximum absolute atomic E-state index is 5.55. The molecule has 0 radical (unpaired) electrons. The fourth-order valence-corrected chi connectivity index (χ4v) is 3.77. The lowest BCUT2D eigenvalue weighted by Crippen LogP contribution is -2.13. The van der Waals surface area contributed by atoms with E-state index in [0.717, 1.165) is 28.9 Å². The summed E-state index contributed by atoms with van der Waals surface area (Å²) in [6.07, 6.45) is 6.99. The molecule has 1 saturated carbocycles. The van der Waals surface area contributed by atoms with Crippen LogP contribution in [0.4, 0.5) is 0 Å². The molecule has 0 aliphatic heterocycles. The molecule has 2 aromatic rings. The van der Waals surface area contributed by atoms with Crippen LogP contribution in [-0.4, -0.2) is 21.7 Å². The number of aromatic nitrogens is 3.